The van der Waals surface area contributed by atoms with Gasteiger partial charge in [0.25, 0.3) is 11.8 Å². The molecule has 3 rings (SSSR count). The average molecular weight is 447 g/mol. The van der Waals surface area contributed by atoms with Crippen molar-refractivity contribution in [3.05, 3.63) is 98.9 Å². The fourth-order valence-electron chi connectivity index (χ4n) is 3.35. The van der Waals surface area contributed by atoms with Crippen LogP contribution in [-0.4, -0.2) is 18.4 Å². The summed E-state index contributed by atoms with van der Waals surface area (Å²) in [6, 6.07) is 19.8. The summed E-state index contributed by atoms with van der Waals surface area (Å²) in [7, 11) is 0. The third-order valence-corrected chi connectivity index (χ3v) is 6.11. The maximum absolute atomic E-state index is 12.9. The minimum Gasteiger partial charge on any atom is -0.351 e. The van der Waals surface area contributed by atoms with E-state index in [1.54, 1.807) is 12.1 Å². The molecule has 0 aliphatic rings. The number of nitrogens with one attached hydrogen (secondary N) is 2. The summed E-state index contributed by atoms with van der Waals surface area (Å²) in [5.41, 5.74) is 4.26. The molecule has 2 N–H and O–H groups in total. The van der Waals surface area contributed by atoms with Crippen LogP contribution >= 0.6 is 11.3 Å². The Balaban J connectivity index is 1.60. The maximum atomic E-state index is 12.9. The summed E-state index contributed by atoms with van der Waals surface area (Å²) in [5, 5.41) is 7.69. The number of thiophene rings is 1. The number of hydrogen-bond acceptors (Lipinski definition) is 3. The highest BCUT2D eigenvalue weighted by molar-refractivity contribution is 7.10. The second kappa shape index (κ2) is 11.4. The molecule has 0 aliphatic heterocycles. The first-order valence-electron chi connectivity index (χ1n) is 10.9. The van der Waals surface area contributed by atoms with E-state index < -0.39 is 0 Å². The van der Waals surface area contributed by atoms with Crippen LogP contribution in [0.3, 0.4) is 0 Å². The van der Waals surface area contributed by atoms with Crippen LogP contribution in [0, 0.1) is 6.92 Å². The van der Waals surface area contributed by atoms with Gasteiger partial charge >= 0.3 is 0 Å². The van der Waals surface area contributed by atoms with E-state index in [0.717, 1.165) is 23.3 Å². The summed E-state index contributed by atoms with van der Waals surface area (Å²) in [6.45, 7) is 6.78. The predicted octanol–water partition coefficient (Wildman–Crippen LogP) is 5.70. The van der Waals surface area contributed by atoms with Crippen LogP contribution in [-0.2, 0) is 11.2 Å². The Labute approximate surface area is 194 Å². The quantitative estimate of drug-likeness (QED) is 0.327. The van der Waals surface area contributed by atoms with Crippen molar-refractivity contribution in [2.24, 2.45) is 0 Å². The zero-order chi connectivity index (χ0) is 22.9. The monoisotopic (exact) mass is 446 g/mol. The molecule has 166 valence electrons. The van der Waals surface area contributed by atoms with E-state index in [2.05, 4.69) is 48.7 Å². The maximum Gasteiger partial charge on any atom is 0.267 e. The molecule has 0 aliphatic carbocycles. The van der Waals surface area contributed by atoms with Crippen LogP contribution in [0.4, 0.5) is 0 Å². The van der Waals surface area contributed by atoms with E-state index in [-0.39, 0.29) is 17.5 Å². The van der Waals surface area contributed by atoms with Gasteiger partial charge in [-0.2, -0.15) is 0 Å². The van der Waals surface area contributed by atoms with Gasteiger partial charge < -0.3 is 10.6 Å². The first-order valence-corrected chi connectivity index (χ1v) is 11.8. The topological polar surface area (TPSA) is 58.2 Å². The lowest BCUT2D eigenvalue weighted by molar-refractivity contribution is -0.117. The van der Waals surface area contributed by atoms with Gasteiger partial charge in [-0.3, -0.25) is 9.59 Å². The fourth-order valence-corrected chi connectivity index (χ4v) is 4.01. The number of carbonyl (C=O) groups excluding carboxylic acids is 2. The molecule has 0 unspecified atom stereocenters. The Morgan fingerprint density at radius 1 is 1.00 bits per heavy atom. The number of hydrogen-bond donors (Lipinski definition) is 2. The van der Waals surface area contributed by atoms with Crippen molar-refractivity contribution in [1.29, 1.82) is 0 Å². The van der Waals surface area contributed by atoms with E-state index >= 15 is 0 Å². The first-order chi connectivity index (χ1) is 15.4. The molecule has 1 aromatic heterocycles. The van der Waals surface area contributed by atoms with Crippen molar-refractivity contribution in [3.8, 4) is 0 Å². The van der Waals surface area contributed by atoms with Gasteiger partial charge in [-0.25, -0.2) is 0 Å². The Hall–Kier alpha value is -3.18. The zero-order valence-electron chi connectivity index (χ0n) is 18.9. The Bertz CT molecular complexity index is 1070. The molecule has 0 atom stereocenters. The molecule has 0 spiro atoms. The van der Waals surface area contributed by atoms with Gasteiger partial charge in [-0.15, -0.1) is 11.3 Å². The van der Waals surface area contributed by atoms with Crippen LogP contribution in [0.25, 0.3) is 6.08 Å². The molecule has 0 radical (unpaired) electrons. The van der Waals surface area contributed by atoms with Gasteiger partial charge in [0.1, 0.15) is 5.70 Å². The van der Waals surface area contributed by atoms with Crippen LogP contribution in [0.5, 0.6) is 0 Å². The van der Waals surface area contributed by atoms with Gasteiger partial charge in [0.15, 0.2) is 0 Å². The smallest absolute Gasteiger partial charge is 0.267 e. The number of carbonyl (C=O) groups is 2. The molecule has 0 saturated heterocycles. The van der Waals surface area contributed by atoms with Crippen molar-refractivity contribution in [2.75, 3.05) is 6.54 Å². The summed E-state index contributed by atoms with van der Waals surface area (Å²) in [6.07, 6.45) is 3.43. The SMILES string of the molecule is Cc1ccccc1C(=O)N/C(=C\c1cccs1)C(=O)NCCCc1ccc(C(C)C)cc1. The van der Waals surface area contributed by atoms with Crippen molar-refractivity contribution in [1.82, 2.24) is 10.6 Å². The Morgan fingerprint density at radius 3 is 2.41 bits per heavy atom. The summed E-state index contributed by atoms with van der Waals surface area (Å²) < 4.78 is 0. The lowest BCUT2D eigenvalue weighted by atomic mass is 10.0. The molecular formula is C27H30N2O2S. The molecule has 32 heavy (non-hydrogen) atoms. The van der Waals surface area contributed by atoms with Crippen molar-refractivity contribution < 1.29 is 9.59 Å². The van der Waals surface area contributed by atoms with Crippen LogP contribution < -0.4 is 10.6 Å². The molecule has 3 aromatic rings. The molecule has 5 heteroatoms. The van der Waals surface area contributed by atoms with Crippen molar-refractivity contribution in [2.45, 2.75) is 39.5 Å². The van der Waals surface area contributed by atoms with Gasteiger partial charge in [0, 0.05) is 17.0 Å². The predicted molar refractivity (Wildman–Crippen MR) is 133 cm³/mol. The van der Waals surface area contributed by atoms with Crippen LogP contribution in [0.2, 0.25) is 0 Å². The lowest BCUT2D eigenvalue weighted by Crippen LogP contribution is -2.35. The Morgan fingerprint density at radius 2 is 1.75 bits per heavy atom. The van der Waals surface area contributed by atoms with Crippen LogP contribution in [0.15, 0.2) is 71.7 Å². The largest absolute Gasteiger partial charge is 0.351 e. The number of benzene rings is 2. The molecule has 0 fully saturated rings. The fraction of sp³-hybridized carbons (Fsp3) is 0.259. The molecule has 2 amide bonds. The summed E-state index contributed by atoms with van der Waals surface area (Å²) in [4.78, 5) is 26.5. The lowest BCUT2D eigenvalue weighted by Gasteiger charge is -2.12. The number of rotatable bonds is 9. The van der Waals surface area contributed by atoms with Gasteiger partial charge in [-0.05, 0) is 66.0 Å². The highest BCUT2D eigenvalue weighted by Crippen LogP contribution is 2.16. The minimum absolute atomic E-state index is 0.252. The minimum atomic E-state index is -0.286. The van der Waals surface area contributed by atoms with E-state index in [0.29, 0.717) is 18.0 Å². The van der Waals surface area contributed by atoms with E-state index in [4.69, 9.17) is 0 Å². The third-order valence-electron chi connectivity index (χ3n) is 5.29. The molecule has 2 aromatic carbocycles. The van der Waals surface area contributed by atoms with E-state index in [1.165, 1.54) is 22.5 Å². The molecular weight excluding hydrogens is 416 g/mol. The van der Waals surface area contributed by atoms with Gasteiger partial charge in [-0.1, -0.05) is 62.4 Å². The highest BCUT2D eigenvalue weighted by atomic mass is 32.1. The summed E-state index contributed by atoms with van der Waals surface area (Å²) >= 11 is 1.52. The normalized spacial score (nSPS) is 11.4. The second-order valence-electron chi connectivity index (χ2n) is 8.10. The summed E-state index contributed by atoms with van der Waals surface area (Å²) in [5.74, 6) is -0.0476. The van der Waals surface area contributed by atoms with Crippen LogP contribution in [0.1, 0.15) is 58.1 Å². The average Bonchev–Trinajstić information content (AvgIpc) is 3.30. The number of amides is 2. The van der Waals surface area contributed by atoms with E-state index in [1.807, 2.05) is 42.6 Å². The van der Waals surface area contributed by atoms with E-state index in [9.17, 15) is 9.59 Å². The zero-order valence-corrected chi connectivity index (χ0v) is 19.7. The van der Waals surface area contributed by atoms with Gasteiger partial charge in [0.05, 0.1) is 0 Å². The number of aryl methyl sites for hydroxylation is 2. The standard InChI is InChI=1S/C27H30N2O2S/c1-19(2)22-14-12-21(13-15-22)9-6-16-28-27(31)25(18-23-10-7-17-32-23)29-26(30)24-11-5-4-8-20(24)3/h4-5,7-8,10-15,17-19H,6,9,16H2,1-3H3,(H,28,31)(H,29,30)/b25-18-. The molecule has 0 saturated carbocycles. The second-order valence-corrected chi connectivity index (χ2v) is 9.08. The third kappa shape index (κ3) is 6.66. The molecule has 1 heterocycles. The van der Waals surface area contributed by atoms with Gasteiger partial charge in [0.2, 0.25) is 0 Å². The molecule has 0 bridgehead atoms. The van der Waals surface area contributed by atoms with Crippen molar-refractivity contribution in [3.63, 3.8) is 0 Å². The van der Waals surface area contributed by atoms with Crippen molar-refractivity contribution >= 4 is 29.2 Å². The molecule has 4 nitrogen and oxygen atoms in total. The first kappa shape index (κ1) is 23.5. The highest BCUT2D eigenvalue weighted by Gasteiger charge is 2.16. The Kier molecular flexibility index (Phi) is 8.40.